The molecule has 0 spiro atoms. The van der Waals surface area contributed by atoms with E-state index in [1.807, 2.05) is 0 Å². The van der Waals surface area contributed by atoms with Crippen LogP contribution in [0.4, 0.5) is 5.69 Å². The van der Waals surface area contributed by atoms with E-state index in [1.165, 1.54) is 16.4 Å². The van der Waals surface area contributed by atoms with Crippen molar-refractivity contribution in [3.8, 4) is 0 Å². The zero-order valence-corrected chi connectivity index (χ0v) is 20.0. The number of amides is 2. The number of hydrogen-bond acceptors (Lipinski definition) is 8. The molecule has 0 radical (unpaired) electrons. The molecule has 2 heterocycles. The first-order valence-electron chi connectivity index (χ1n) is 10.6. The molecule has 32 heavy (non-hydrogen) atoms. The number of anilines is 1. The van der Waals surface area contributed by atoms with Gasteiger partial charge < -0.3 is 15.4 Å². The van der Waals surface area contributed by atoms with E-state index in [0.29, 0.717) is 23.0 Å². The first kappa shape index (κ1) is 24.1. The second-order valence-electron chi connectivity index (χ2n) is 8.66. The number of benzene rings is 1. The van der Waals surface area contributed by atoms with Crippen LogP contribution >= 0.6 is 11.8 Å². The van der Waals surface area contributed by atoms with Crippen molar-refractivity contribution in [1.82, 2.24) is 30.4 Å². The minimum Gasteiger partial charge on any atom is -0.373 e. The lowest BCUT2D eigenvalue weighted by molar-refractivity contribution is -0.113. The average Bonchev–Trinajstić information content (AvgIpc) is 3.15. The highest BCUT2D eigenvalue weighted by Gasteiger charge is 2.33. The molecule has 2 aromatic rings. The maximum absolute atomic E-state index is 12.6. The summed E-state index contributed by atoms with van der Waals surface area (Å²) in [5, 5.41) is 17.5. The van der Waals surface area contributed by atoms with Crippen LogP contribution < -0.4 is 10.6 Å². The topological polar surface area (TPSA) is 114 Å². The number of ether oxygens (including phenoxy) is 1. The van der Waals surface area contributed by atoms with Gasteiger partial charge in [-0.15, -0.1) is 5.10 Å². The second kappa shape index (κ2) is 10.4. The fourth-order valence-corrected chi connectivity index (χ4v) is 4.21. The number of aromatic nitrogens is 4. The van der Waals surface area contributed by atoms with Crippen molar-refractivity contribution in [2.45, 2.75) is 50.6 Å². The molecule has 1 aromatic carbocycles. The molecule has 1 aliphatic rings. The van der Waals surface area contributed by atoms with Gasteiger partial charge in [-0.2, -0.15) is 0 Å². The van der Waals surface area contributed by atoms with Crippen LogP contribution in [0.25, 0.3) is 0 Å². The van der Waals surface area contributed by atoms with Crippen molar-refractivity contribution in [3.05, 3.63) is 29.8 Å². The number of tetrazole rings is 1. The molecule has 2 atom stereocenters. The highest BCUT2D eigenvalue weighted by molar-refractivity contribution is 7.99. The fraction of sp³-hybridized carbons (Fsp3) is 0.571. The molecule has 174 valence electrons. The standard InChI is InChI=1S/C21H31N7O3S/c1-14-10-28(11-15(2)31-14)21(3,4)13-22-19(30)16-6-8-17(9-7-16)23-18(29)12-32-20-24-25-26-27(20)5/h6-9,14-15H,10-13H2,1-5H3,(H,22,30)(H,23,29). The Morgan fingerprint density at radius 3 is 2.44 bits per heavy atom. The Balaban J connectivity index is 1.48. The number of carbonyl (C=O) groups excluding carboxylic acids is 2. The van der Waals surface area contributed by atoms with Gasteiger partial charge in [0.2, 0.25) is 11.1 Å². The number of aryl methyl sites for hydroxylation is 1. The summed E-state index contributed by atoms with van der Waals surface area (Å²) in [5.41, 5.74) is 0.980. The first-order valence-corrected chi connectivity index (χ1v) is 11.6. The third-order valence-corrected chi connectivity index (χ3v) is 6.31. The highest BCUT2D eigenvalue weighted by Crippen LogP contribution is 2.21. The molecule has 2 N–H and O–H groups in total. The molecule has 1 saturated heterocycles. The fourth-order valence-electron chi connectivity index (χ4n) is 3.56. The smallest absolute Gasteiger partial charge is 0.251 e. The van der Waals surface area contributed by atoms with Gasteiger partial charge in [0.05, 0.1) is 18.0 Å². The Morgan fingerprint density at radius 1 is 1.19 bits per heavy atom. The summed E-state index contributed by atoms with van der Waals surface area (Å²) in [7, 11) is 1.72. The number of nitrogens with zero attached hydrogens (tertiary/aromatic N) is 5. The molecule has 0 aliphatic carbocycles. The van der Waals surface area contributed by atoms with E-state index >= 15 is 0 Å². The lowest BCUT2D eigenvalue weighted by Crippen LogP contribution is -2.58. The normalized spacial score (nSPS) is 19.5. The van der Waals surface area contributed by atoms with Crippen LogP contribution in [0, 0.1) is 0 Å². The van der Waals surface area contributed by atoms with E-state index in [-0.39, 0.29) is 35.3 Å². The molecule has 2 amide bonds. The van der Waals surface area contributed by atoms with Crippen LogP contribution in [0.3, 0.4) is 0 Å². The average molecular weight is 462 g/mol. The molecule has 11 heteroatoms. The molecule has 0 bridgehead atoms. The van der Waals surface area contributed by atoms with Gasteiger partial charge in [-0.25, -0.2) is 4.68 Å². The van der Waals surface area contributed by atoms with Gasteiger partial charge in [0.25, 0.3) is 5.91 Å². The summed E-state index contributed by atoms with van der Waals surface area (Å²) < 4.78 is 7.32. The van der Waals surface area contributed by atoms with Gasteiger partial charge in [0, 0.05) is 43.5 Å². The molecule has 3 rings (SSSR count). The predicted octanol–water partition coefficient (Wildman–Crippen LogP) is 1.56. The molecule has 1 fully saturated rings. The summed E-state index contributed by atoms with van der Waals surface area (Å²) in [5.74, 6) is -0.133. The SMILES string of the molecule is CC1CN(C(C)(C)CNC(=O)c2ccc(NC(=O)CSc3nnnn3C)cc2)CC(C)O1. The molecule has 2 unspecified atom stereocenters. The van der Waals surface area contributed by atoms with Crippen molar-refractivity contribution in [2.24, 2.45) is 7.05 Å². The van der Waals surface area contributed by atoms with Crippen molar-refractivity contribution in [3.63, 3.8) is 0 Å². The van der Waals surface area contributed by atoms with Gasteiger partial charge in [-0.05, 0) is 62.4 Å². The summed E-state index contributed by atoms with van der Waals surface area (Å²) in [6.45, 7) is 10.6. The number of rotatable bonds is 8. The van der Waals surface area contributed by atoms with Crippen LogP contribution in [0.2, 0.25) is 0 Å². The molecular weight excluding hydrogens is 430 g/mol. The van der Waals surface area contributed by atoms with E-state index in [1.54, 1.807) is 31.3 Å². The Kier molecular flexibility index (Phi) is 7.86. The maximum atomic E-state index is 12.6. The van der Waals surface area contributed by atoms with Crippen LogP contribution in [0.15, 0.2) is 29.4 Å². The molecule has 0 saturated carbocycles. The number of thioether (sulfide) groups is 1. The monoisotopic (exact) mass is 461 g/mol. The molecular formula is C21H31N7O3S. The lowest BCUT2D eigenvalue weighted by atomic mass is 10.00. The Morgan fingerprint density at radius 2 is 1.84 bits per heavy atom. The minimum atomic E-state index is -0.189. The third-order valence-electron chi connectivity index (χ3n) is 5.30. The summed E-state index contributed by atoms with van der Waals surface area (Å²) in [6, 6.07) is 6.85. The van der Waals surface area contributed by atoms with Gasteiger partial charge >= 0.3 is 0 Å². The van der Waals surface area contributed by atoms with Crippen LogP contribution in [0.5, 0.6) is 0 Å². The highest BCUT2D eigenvalue weighted by atomic mass is 32.2. The van der Waals surface area contributed by atoms with Gasteiger partial charge in [0.1, 0.15) is 0 Å². The molecule has 1 aromatic heterocycles. The summed E-state index contributed by atoms with van der Waals surface area (Å²) >= 11 is 1.25. The van der Waals surface area contributed by atoms with E-state index in [2.05, 4.69) is 58.8 Å². The summed E-state index contributed by atoms with van der Waals surface area (Å²) in [4.78, 5) is 27.1. The van der Waals surface area contributed by atoms with E-state index in [9.17, 15) is 9.59 Å². The number of hydrogen-bond donors (Lipinski definition) is 2. The van der Waals surface area contributed by atoms with Crippen LogP contribution in [-0.2, 0) is 16.6 Å². The van der Waals surface area contributed by atoms with E-state index < -0.39 is 0 Å². The van der Waals surface area contributed by atoms with Crippen LogP contribution in [-0.4, -0.2) is 80.1 Å². The number of morpholine rings is 1. The lowest BCUT2D eigenvalue weighted by Gasteiger charge is -2.45. The van der Waals surface area contributed by atoms with Crippen molar-refractivity contribution in [2.75, 3.05) is 30.7 Å². The Hall–Kier alpha value is -2.50. The second-order valence-corrected chi connectivity index (χ2v) is 9.60. The largest absolute Gasteiger partial charge is 0.373 e. The zero-order valence-electron chi connectivity index (χ0n) is 19.2. The van der Waals surface area contributed by atoms with E-state index in [0.717, 1.165) is 13.1 Å². The summed E-state index contributed by atoms with van der Waals surface area (Å²) in [6.07, 6.45) is 0.346. The van der Waals surface area contributed by atoms with Gasteiger partial charge in [-0.3, -0.25) is 14.5 Å². The van der Waals surface area contributed by atoms with Crippen molar-refractivity contribution < 1.29 is 14.3 Å². The van der Waals surface area contributed by atoms with E-state index in [4.69, 9.17) is 4.74 Å². The predicted molar refractivity (Wildman–Crippen MR) is 123 cm³/mol. The van der Waals surface area contributed by atoms with Gasteiger partial charge in [-0.1, -0.05) is 11.8 Å². The Labute approximate surface area is 192 Å². The zero-order chi connectivity index (χ0) is 23.3. The maximum Gasteiger partial charge on any atom is 0.251 e. The quantitative estimate of drug-likeness (QED) is 0.569. The molecule has 10 nitrogen and oxygen atoms in total. The first-order chi connectivity index (χ1) is 15.1. The van der Waals surface area contributed by atoms with Crippen molar-refractivity contribution in [1.29, 1.82) is 0 Å². The van der Waals surface area contributed by atoms with Gasteiger partial charge in [0.15, 0.2) is 0 Å². The molecule has 1 aliphatic heterocycles. The Bertz CT molecular complexity index is 922. The van der Waals surface area contributed by atoms with Crippen LogP contribution in [0.1, 0.15) is 38.1 Å². The minimum absolute atomic E-state index is 0.143. The number of nitrogens with one attached hydrogen (secondary N) is 2. The third kappa shape index (κ3) is 6.50. The van der Waals surface area contributed by atoms with Crippen molar-refractivity contribution >= 4 is 29.3 Å². The number of carbonyl (C=O) groups is 2.